The molecule has 0 fully saturated rings. The molecule has 0 aliphatic carbocycles. The summed E-state index contributed by atoms with van der Waals surface area (Å²) in [7, 11) is 0. The molecule has 0 saturated carbocycles. The molecule has 0 bridgehead atoms. The fraction of sp³-hybridized carbons (Fsp3) is 0.556. The molecule has 1 atom stereocenters. The van der Waals surface area contributed by atoms with Gasteiger partial charge in [0, 0.05) is 6.04 Å². The van der Waals surface area contributed by atoms with Crippen molar-refractivity contribution in [3.05, 3.63) is 0 Å². The maximum Gasteiger partial charge on any atom is 0.234 e. The molecule has 0 aliphatic rings. The molecule has 13 heavy (non-hydrogen) atoms. The fourth-order valence-electron chi connectivity index (χ4n) is 0.762. The molecule has 4 heteroatoms. The number of carbonyl (C=O) groups excluding carboxylic acids is 1. The van der Waals surface area contributed by atoms with E-state index < -0.39 is 0 Å². The Morgan fingerprint density at radius 1 is 1.69 bits per heavy atom. The van der Waals surface area contributed by atoms with Gasteiger partial charge in [0.25, 0.3) is 0 Å². The summed E-state index contributed by atoms with van der Waals surface area (Å²) in [6, 6.07) is 1.87. The van der Waals surface area contributed by atoms with E-state index in [-0.39, 0.29) is 18.5 Å². The van der Waals surface area contributed by atoms with Gasteiger partial charge in [0.2, 0.25) is 5.91 Å². The highest BCUT2D eigenvalue weighted by molar-refractivity contribution is 5.78. The Labute approximate surface area is 78.3 Å². The minimum atomic E-state index is -0.141. The molecule has 0 aliphatic heterocycles. The number of terminal acetylenes is 1. The maximum atomic E-state index is 11.1. The standard InChI is InChI=1S/C9H13N3O/c1-3-6-11-7-9(13)12-8(2)4-5-10/h1,8,11H,4,6-7H2,2H3,(H,12,13). The number of nitrogens with zero attached hydrogens (tertiary/aromatic N) is 1. The highest BCUT2D eigenvalue weighted by Gasteiger charge is 2.04. The fourth-order valence-corrected chi connectivity index (χ4v) is 0.762. The molecule has 70 valence electrons. The van der Waals surface area contributed by atoms with Crippen LogP contribution in [0.3, 0.4) is 0 Å². The first kappa shape index (κ1) is 11.5. The third-order valence-electron chi connectivity index (χ3n) is 1.32. The molecule has 2 N–H and O–H groups in total. The van der Waals surface area contributed by atoms with Gasteiger partial charge in [-0.25, -0.2) is 0 Å². The molecule has 4 nitrogen and oxygen atoms in total. The summed E-state index contributed by atoms with van der Waals surface area (Å²) in [5, 5.41) is 13.7. The van der Waals surface area contributed by atoms with E-state index in [0.717, 1.165) is 0 Å². The van der Waals surface area contributed by atoms with Gasteiger partial charge in [-0.15, -0.1) is 6.42 Å². The zero-order chi connectivity index (χ0) is 10.1. The lowest BCUT2D eigenvalue weighted by molar-refractivity contribution is -0.120. The van der Waals surface area contributed by atoms with Crippen LogP contribution in [0.5, 0.6) is 0 Å². The molecule has 0 heterocycles. The Hall–Kier alpha value is -1.52. The molecular weight excluding hydrogens is 166 g/mol. The van der Waals surface area contributed by atoms with E-state index in [9.17, 15) is 4.79 Å². The SMILES string of the molecule is C#CCNCC(=O)NC(C)CC#N. The van der Waals surface area contributed by atoms with Crippen LogP contribution in [-0.4, -0.2) is 25.0 Å². The minimum absolute atomic E-state index is 0.106. The van der Waals surface area contributed by atoms with Gasteiger partial charge in [-0.3, -0.25) is 10.1 Å². The summed E-state index contributed by atoms with van der Waals surface area (Å²) in [4.78, 5) is 11.1. The van der Waals surface area contributed by atoms with Crippen molar-refractivity contribution < 1.29 is 4.79 Å². The molecule has 0 aromatic carbocycles. The zero-order valence-corrected chi connectivity index (χ0v) is 7.63. The van der Waals surface area contributed by atoms with E-state index in [2.05, 4.69) is 16.6 Å². The van der Waals surface area contributed by atoms with Crippen molar-refractivity contribution in [3.8, 4) is 18.4 Å². The van der Waals surface area contributed by atoms with Crippen LogP contribution in [0.15, 0.2) is 0 Å². The lowest BCUT2D eigenvalue weighted by Crippen LogP contribution is -2.38. The highest BCUT2D eigenvalue weighted by Crippen LogP contribution is 1.86. The van der Waals surface area contributed by atoms with E-state index in [1.165, 1.54) is 0 Å². The van der Waals surface area contributed by atoms with Crippen LogP contribution in [0, 0.1) is 23.7 Å². The van der Waals surface area contributed by atoms with Gasteiger partial charge in [-0.1, -0.05) is 5.92 Å². The number of rotatable bonds is 5. The van der Waals surface area contributed by atoms with Gasteiger partial charge < -0.3 is 5.32 Å². The van der Waals surface area contributed by atoms with Crippen molar-refractivity contribution in [1.29, 1.82) is 5.26 Å². The largest absolute Gasteiger partial charge is 0.352 e. The Morgan fingerprint density at radius 2 is 2.38 bits per heavy atom. The second kappa shape index (κ2) is 7.15. The van der Waals surface area contributed by atoms with Gasteiger partial charge in [-0.05, 0) is 6.92 Å². The van der Waals surface area contributed by atoms with E-state index in [0.29, 0.717) is 13.0 Å². The van der Waals surface area contributed by atoms with Gasteiger partial charge in [0.1, 0.15) is 0 Å². The van der Waals surface area contributed by atoms with Crippen LogP contribution in [0.1, 0.15) is 13.3 Å². The monoisotopic (exact) mass is 179 g/mol. The predicted octanol–water partition coefficient (Wildman–Crippen LogP) is -0.372. The van der Waals surface area contributed by atoms with Crippen LogP contribution in [-0.2, 0) is 4.79 Å². The van der Waals surface area contributed by atoms with Gasteiger partial charge in [0.05, 0.1) is 25.6 Å². The average molecular weight is 179 g/mol. The summed E-state index contributed by atoms with van der Waals surface area (Å²) in [6.07, 6.45) is 5.30. The van der Waals surface area contributed by atoms with E-state index in [1.807, 2.05) is 6.07 Å². The van der Waals surface area contributed by atoms with Gasteiger partial charge in [-0.2, -0.15) is 5.26 Å². The van der Waals surface area contributed by atoms with Crippen molar-refractivity contribution in [2.45, 2.75) is 19.4 Å². The van der Waals surface area contributed by atoms with E-state index in [4.69, 9.17) is 11.7 Å². The molecule has 1 amide bonds. The van der Waals surface area contributed by atoms with Gasteiger partial charge >= 0.3 is 0 Å². The first-order valence-electron chi connectivity index (χ1n) is 4.01. The molecule has 0 aromatic rings. The summed E-state index contributed by atoms with van der Waals surface area (Å²) < 4.78 is 0. The molecule has 0 radical (unpaired) electrons. The number of nitriles is 1. The van der Waals surface area contributed by atoms with Crippen LogP contribution in [0.25, 0.3) is 0 Å². The molecule has 0 rings (SSSR count). The van der Waals surface area contributed by atoms with Crippen LogP contribution in [0.2, 0.25) is 0 Å². The zero-order valence-electron chi connectivity index (χ0n) is 7.63. The molecule has 0 aromatic heterocycles. The summed E-state index contributed by atoms with van der Waals surface area (Å²) in [5.74, 6) is 2.22. The summed E-state index contributed by atoms with van der Waals surface area (Å²) in [5.41, 5.74) is 0. The first-order valence-corrected chi connectivity index (χ1v) is 4.01. The minimum Gasteiger partial charge on any atom is -0.352 e. The first-order chi connectivity index (χ1) is 6.20. The second-order valence-electron chi connectivity index (χ2n) is 2.64. The molecule has 0 spiro atoms. The maximum absolute atomic E-state index is 11.1. The second-order valence-corrected chi connectivity index (χ2v) is 2.64. The van der Waals surface area contributed by atoms with Gasteiger partial charge in [0.15, 0.2) is 0 Å². The molecule has 0 saturated heterocycles. The quantitative estimate of drug-likeness (QED) is 0.447. The lowest BCUT2D eigenvalue weighted by Gasteiger charge is -2.09. The van der Waals surface area contributed by atoms with Crippen molar-refractivity contribution in [2.24, 2.45) is 0 Å². The predicted molar refractivity (Wildman–Crippen MR) is 49.5 cm³/mol. The number of hydrogen-bond acceptors (Lipinski definition) is 3. The van der Waals surface area contributed by atoms with Crippen molar-refractivity contribution in [1.82, 2.24) is 10.6 Å². The van der Waals surface area contributed by atoms with Crippen LogP contribution >= 0.6 is 0 Å². The van der Waals surface area contributed by atoms with Crippen molar-refractivity contribution in [3.63, 3.8) is 0 Å². The van der Waals surface area contributed by atoms with E-state index in [1.54, 1.807) is 6.92 Å². The number of carbonyl (C=O) groups is 1. The summed E-state index contributed by atoms with van der Waals surface area (Å²) in [6.45, 7) is 2.35. The number of nitrogens with one attached hydrogen (secondary N) is 2. The Morgan fingerprint density at radius 3 is 2.92 bits per heavy atom. The highest BCUT2D eigenvalue weighted by atomic mass is 16.1. The Kier molecular flexibility index (Phi) is 6.31. The smallest absolute Gasteiger partial charge is 0.234 e. The number of amides is 1. The lowest BCUT2D eigenvalue weighted by atomic mass is 10.2. The normalized spacial score (nSPS) is 11.0. The summed E-state index contributed by atoms with van der Waals surface area (Å²) >= 11 is 0. The number of hydrogen-bond donors (Lipinski definition) is 2. The van der Waals surface area contributed by atoms with E-state index >= 15 is 0 Å². The third kappa shape index (κ3) is 6.86. The van der Waals surface area contributed by atoms with Crippen LogP contribution in [0.4, 0.5) is 0 Å². The topological polar surface area (TPSA) is 64.9 Å². The Balaban J connectivity index is 3.52. The van der Waals surface area contributed by atoms with Crippen LogP contribution < -0.4 is 10.6 Å². The van der Waals surface area contributed by atoms with Crippen molar-refractivity contribution >= 4 is 5.91 Å². The molecule has 1 unspecified atom stereocenters. The average Bonchev–Trinajstić information content (AvgIpc) is 2.05. The third-order valence-corrected chi connectivity index (χ3v) is 1.32. The van der Waals surface area contributed by atoms with Crippen molar-refractivity contribution in [2.75, 3.05) is 13.1 Å². The Bertz CT molecular complexity index is 236. The molecular formula is C9H13N3O.